The van der Waals surface area contributed by atoms with Crippen molar-refractivity contribution in [1.29, 1.82) is 0 Å². The highest BCUT2D eigenvalue weighted by atomic mass is 35.5. The van der Waals surface area contributed by atoms with Crippen molar-refractivity contribution in [3.05, 3.63) is 23.8 Å². The summed E-state index contributed by atoms with van der Waals surface area (Å²) in [6.45, 7) is -1.31. The summed E-state index contributed by atoms with van der Waals surface area (Å²) in [5, 5.41) is 0. The van der Waals surface area contributed by atoms with Gasteiger partial charge >= 0.3 is 12.6 Å². The second-order valence-electron chi connectivity index (χ2n) is 4.15. The first-order valence-corrected chi connectivity index (χ1v) is 5.87. The molecule has 1 heterocycles. The molecule has 1 N–H and O–H groups in total. The van der Waals surface area contributed by atoms with Crippen molar-refractivity contribution in [3.8, 4) is 0 Å². The number of ether oxygens (including phenoxy) is 3. The van der Waals surface area contributed by atoms with Crippen LogP contribution in [0.15, 0.2) is 23.8 Å². The smallest absolute Gasteiger partial charge is 0.388 e. The average molecular weight is 313 g/mol. The minimum absolute atomic E-state index is 0.144. The fraction of sp³-hybridized carbons (Fsp3) is 0.545. The van der Waals surface area contributed by atoms with E-state index in [1.54, 1.807) is 6.92 Å². The second kappa shape index (κ2) is 6.76. The predicted octanol–water partition coefficient (Wildman–Crippen LogP) is 1.89. The predicted molar refractivity (Wildman–Crippen MR) is 66.1 cm³/mol. The largest absolute Gasteiger partial charge is 0.501 e. The summed E-state index contributed by atoms with van der Waals surface area (Å²) < 4.78 is 39.1. The Morgan fingerprint density at radius 2 is 2.20 bits per heavy atom. The minimum Gasteiger partial charge on any atom is -0.501 e. The van der Waals surface area contributed by atoms with Crippen LogP contribution in [0.4, 0.5) is 8.78 Å². The Labute approximate surface area is 120 Å². The molecule has 0 bridgehead atoms. The van der Waals surface area contributed by atoms with Crippen LogP contribution in [0.5, 0.6) is 0 Å². The van der Waals surface area contributed by atoms with Crippen molar-refractivity contribution in [2.75, 3.05) is 14.2 Å². The molecule has 0 amide bonds. The normalized spacial score (nSPS) is 23.4. The van der Waals surface area contributed by atoms with Gasteiger partial charge in [0.1, 0.15) is 5.76 Å². The Hall–Kier alpha value is -1.54. The van der Waals surface area contributed by atoms with E-state index < -0.39 is 18.1 Å². The number of nitrogens with zero attached hydrogens (tertiary/aromatic N) is 1. The maximum absolute atomic E-state index is 12.2. The lowest BCUT2D eigenvalue weighted by Gasteiger charge is -2.27. The number of halogens is 3. The van der Waals surface area contributed by atoms with E-state index in [2.05, 4.69) is 14.9 Å². The first kappa shape index (κ1) is 16.5. The topological polar surface area (TPSA) is 60.0 Å². The van der Waals surface area contributed by atoms with E-state index in [9.17, 15) is 13.6 Å². The number of nitrogens with one attached hydrogen (secondary N) is 1. The highest BCUT2D eigenvalue weighted by Crippen LogP contribution is 2.32. The van der Waals surface area contributed by atoms with Gasteiger partial charge in [-0.1, -0.05) is 0 Å². The van der Waals surface area contributed by atoms with E-state index in [0.717, 1.165) is 10.6 Å². The molecule has 0 saturated heterocycles. The molecule has 20 heavy (non-hydrogen) atoms. The molecule has 0 fully saturated rings. The number of methoxy groups -OCH3 is 2. The van der Waals surface area contributed by atoms with E-state index in [1.807, 2.05) is 0 Å². The van der Waals surface area contributed by atoms with Gasteiger partial charge in [0.25, 0.3) is 0 Å². The Bertz CT molecular complexity index is 431. The van der Waals surface area contributed by atoms with Gasteiger partial charge < -0.3 is 14.2 Å². The third-order valence-electron chi connectivity index (χ3n) is 2.59. The van der Waals surface area contributed by atoms with Crippen LogP contribution in [0, 0.1) is 0 Å². The zero-order chi connectivity index (χ0) is 15.3. The Morgan fingerprint density at radius 3 is 2.70 bits per heavy atom. The number of esters is 1. The van der Waals surface area contributed by atoms with Gasteiger partial charge in [-0.3, -0.25) is 5.43 Å². The van der Waals surface area contributed by atoms with Crippen LogP contribution in [-0.2, 0) is 19.0 Å². The molecule has 0 aromatic heterocycles. The number of carbonyl (C=O) groups excluding carboxylic acids is 1. The summed E-state index contributed by atoms with van der Waals surface area (Å²) in [5.74, 6) is -0.488. The van der Waals surface area contributed by atoms with Crippen LogP contribution in [-0.4, -0.2) is 36.9 Å². The fourth-order valence-electron chi connectivity index (χ4n) is 1.60. The maximum Gasteiger partial charge on any atom is 0.388 e. The molecule has 114 valence electrons. The van der Waals surface area contributed by atoms with E-state index in [4.69, 9.17) is 16.5 Å². The Balaban J connectivity index is 2.85. The van der Waals surface area contributed by atoms with Gasteiger partial charge in [0, 0.05) is 24.3 Å². The molecule has 6 nitrogen and oxygen atoms in total. The molecule has 0 aromatic carbocycles. The van der Waals surface area contributed by atoms with Crippen LogP contribution in [0.25, 0.3) is 0 Å². The fourth-order valence-corrected chi connectivity index (χ4v) is 1.79. The number of hydrogen-bond donors (Lipinski definition) is 1. The molecule has 0 spiro atoms. The molecular weight excluding hydrogens is 298 g/mol. The molecule has 1 aliphatic rings. The van der Waals surface area contributed by atoms with Crippen LogP contribution in [0.2, 0.25) is 0 Å². The molecule has 9 heteroatoms. The molecule has 0 radical (unpaired) electrons. The van der Waals surface area contributed by atoms with Crippen molar-refractivity contribution < 1.29 is 27.8 Å². The number of hydrazine groups is 1. The van der Waals surface area contributed by atoms with E-state index in [-0.39, 0.29) is 18.1 Å². The lowest BCUT2D eigenvalue weighted by atomic mass is 9.98. The van der Waals surface area contributed by atoms with Gasteiger partial charge in [-0.25, -0.2) is 4.79 Å². The van der Waals surface area contributed by atoms with Crippen molar-refractivity contribution in [2.45, 2.75) is 25.5 Å². The quantitative estimate of drug-likeness (QED) is 0.350. The van der Waals surface area contributed by atoms with Crippen molar-refractivity contribution in [3.63, 3.8) is 0 Å². The summed E-state index contributed by atoms with van der Waals surface area (Å²) in [7, 11) is 2.60. The first-order chi connectivity index (χ1) is 9.30. The monoisotopic (exact) mass is 312 g/mol. The molecule has 0 aliphatic carbocycles. The van der Waals surface area contributed by atoms with Crippen molar-refractivity contribution in [1.82, 2.24) is 9.95 Å². The molecule has 1 rings (SSSR count). The summed E-state index contributed by atoms with van der Waals surface area (Å²) in [4.78, 5) is 11.2. The Morgan fingerprint density at radius 1 is 1.55 bits per heavy atom. The summed E-state index contributed by atoms with van der Waals surface area (Å²) in [5.41, 5.74) is 1.52. The van der Waals surface area contributed by atoms with Gasteiger partial charge in [0.15, 0.2) is 0 Å². The zero-order valence-electron chi connectivity index (χ0n) is 11.2. The standard InChI is InChI=1S/C11H15ClF2N2O4/c1-11(5-7(18-2)4-9(17)19-3)6-8(15-16(11)12)20-10(13)14/h4,6,10,15H,5H2,1-3H3/b7-4+. The highest BCUT2D eigenvalue weighted by Gasteiger charge is 2.38. The van der Waals surface area contributed by atoms with Gasteiger partial charge in [-0.05, 0) is 6.92 Å². The van der Waals surface area contributed by atoms with E-state index in [1.165, 1.54) is 20.3 Å². The summed E-state index contributed by atoms with van der Waals surface area (Å²) in [6, 6.07) is 0. The van der Waals surface area contributed by atoms with Gasteiger partial charge in [0.05, 0.1) is 25.8 Å². The van der Waals surface area contributed by atoms with Gasteiger partial charge in [0.2, 0.25) is 5.88 Å². The lowest BCUT2D eigenvalue weighted by molar-refractivity contribution is -0.135. The molecule has 1 unspecified atom stereocenters. The lowest BCUT2D eigenvalue weighted by Crippen LogP contribution is -2.40. The average Bonchev–Trinajstić information content (AvgIpc) is 2.62. The SMILES string of the molecule is COC(=O)/C=C(\CC1(C)C=C(OC(F)F)NN1Cl)OC. The van der Waals surface area contributed by atoms with Crippen LogP contribution in [0.3, 0.4) is 0 Å². The minimum atomic E-state index is -2.96. The molecule has 0 saturated carbocycles. The van der Waals surface area contributed by atoms with Gasteiger partial charge in [-0.15, -0.1) is 4.53 Å². The van der Waals surface area contributed by atoms with E-state index in [0.29, 0.717) is 0 Å². The number of alkyl halides is 2. The van der Waals surface area contributed by atoms with E-state index >= 15 is 0 Å². The third kappa shape index (κ3) is 4.24. The Kier molecular flexibility index (Phi) is 5.58. The van der Waals surface area contributed by atoms with Crippen molar-refractivity contribution >= 4 is 17.7 Å². The summed E-state index contributed by atoms with van der Waals surface area (Å²) in [6.07, 6.45) is 2.66. The van der Waals surface area contributed by atoms with Crippen LogP contribution in [0.1, 0.15) is 13.3 Å². The second-order valence-corrected chi connectivity index (χ2v) is 4.49. The van der Waals surface area contributed by atoms with Crippen LogP contribution < -0.4 is 5.43 Å². The zero-order valence-corrected chi connectivity index (χ0v) is 11.9. The number of carbonyl (C=O) groups is 1. The summed E-state index contributed by atoms with van der Waals surface area (Å²) >= 11 is 5.92. The highest BCUT2D eigenvalue weighted by molar-refractivity contribution is 6.13. The third-order valence-corrected chi connectivity index (χ3v) is 3.06. The molecule has 0 aromatic rings. The molecular formula is C11H15ClF2N2O4. The number of hydrogen-bond acceptors (Lipinski definition) is 6. The molecule has 1 atom stereocenters. The molecule has 1 aliphatic heterocycles. The van der Waals surface area contributed by atoms with Crippen LogP contribution >= 0.6 is 11.8 Å². The first-order valence-electron chi connectivity index (χ1n) is 5.53. The number of rotatable bonds is 6. The maximum atomic E-state index is 12.2. The van der Waals surface area contributed by atoms with Gasteiger partial charge in [-0.2, -0.15) is 8.78 Å². The van der Waals surface area contributed by atoms with Crippen molar-refractivity contribution in [2.24, 2.45) is 0 Å².